The predicted molar refractivity (Wildman–Crippen MR) is 50.0 cm³/mol. The molecule has 0 aromatic heterocycles. The fourth-order valence-corrected chi connectivity index (χ4v) is 1.92. The lowest BCUT2D eigenvalue weighted by Crippen LogP contribution is -2.22. The van der Waals surface area contributed by atoms with E-state index in [1.165, 1.54) is 12.8 Å². The Hall–Kier alpha value is -0.235. The van der Waals surface area contributed by atoms with Crippen LogP contribution in [0.2, 0.25) is 11.6 Å². The summed E-state index contributed by atoms with van der Waals surface area (Å²) in [6.45, 7) is 9.38. The molecule has 1 saturated heterocycles. The first kappa shape index (κ1) is 8.86. The average molecular weight is 152 g/mol. The fourth-order valence-electron chi connectivity index (χ4n) is 1.92. The van der Waals surface area contributed by atoms with Crippen LogP contribution in [0.3, 0.4) is 0 Å². The highest BCUT2D eigenvalue weighted by molar-refractivity contribution is 6.56. The average Bonchev–Trinajstić information content (AvgIpc) is 2.29. The summed E-state index contributed by atoms with van der Waals surface area (Å²) in [5.74, 6) is 1.48. The Balaban J connectivity index is 2.34. The molecule has 1 rings (SSSR count). The second-order valence-corrected chi connectivity index (χ2v) is 3.62. The van der Waals surface area contributed by atoms with Crippen LogP contribution < -0.4 is 0 Å². The molecule has 2 heteroatoms. The zero-order valence-electron chi connectivity index (χ0n) is 7.55. The van der Waals surface area contributed by atoms with Gasteiger partial charge in [0.15, 0.2) is 0 Å². The largest absolute Gasteiger partial charge is 0.432 e. The summed E-state index contributed by atoms with van der Waals surface area (Å²) in [5, 5.41) is 0. The van der Waals surface area contributed by atoms with Gasteiger partial charge >= 0.3 is 0 Å². The maximum absolute atomic E-state index is 5.66. The van der Waals surface area contributed by atoms with Crippen molar-refractivity contribution in [3.63, 3.8) is 0 Å². The van der Waals surface area contributed by atoms with Gasteiger partial charge in [-0.15, -0.1) is 6.58 Å². The maximum atomic E-state index is 5.66. The SMILES string of the molecule is C=CCOB1C(C)CC[C@H]1C. The Kier molecular flexibility index (Phi) is 3.19. The van der Waals surface area contributed by atoms with E-state index in [0.29, 0.717) is 13.5 Å². The minimum Gasteiger partial charge on any atom is -0.432 e. The zero-order chi connectivity index (χ0) is 8.27. The molecule has 0 aliphatic carbocycles. The van der Waals surface area contributed by atoms with Crippen molar-refractivity contribution in [2.75, 3.05) is 6.61 Å². The molecule has 2 atom stereocenters. The van der Waals surface area contributed by atoms with Gasteiger partial charge in [-0.05, 0) is 11.6 Å². The molecule has 1 aliphatic heterocycles. The van der Waals surface area contributed by atoms with Gasteiger partial charge in [0.1, 0.15) is 0 Å². The van der Waals surface area contributed by atoms with Crippen LogP contribution in [-0.2, 0) is 4.65 Å². The molecule has 62 valence electrons. The Labute approximate surface area is 69.9 Å². The van der Waals surface area contributed by atoms with Gasteiger partial charge in [0.05, 0.1) is 0 Å². The molecular formula is C9H17BO. The van der Waals surface area contributed by atoms with Crippen molar-refractivity contribution in [3.8, 4) is 0 Å². The van der Waals surface area contributed by atoms with Crippen molar-refractivity contribution in [1.29, 1.82) is 0 Å². The summed E-state index contributed by atoms with van der Waals surface area (Å²) in [5.41, 5.74) is 0. The molecule has 1 fully saturated rings. The highest BCUT2D eigenvalue weighted by Gasteiger charge is 2.35. The van der Waals surface area contributed by atoms with Crippen LogP contribution in [0.4, 0.5) is 0 Å². The van der Waals surface area contributed by atoms with E-state index in [1.54, 1.807) is 0 Å². The van der Waals surface area contributed by atoms with Crippen LogP contribution in [-0.4, -0.2) is 13.5 Å². The first-order chi connectivity index (χ1) is 5.25. The molecule has 0 aromatic rings. The van der Waals surface area contributed by atoms with Crippen LogP contribution in [0.15, 0.2) is 12.7 Å². The van der Waals surface area contributed by atoms with Gasteiger partial charge in [-0.1, -0.05) is 32.8 Å². The molecule has 1 heterocycles. The normalized spacial score (nSPS) is 30.9. The minimum absolute atomic E-state index is 0.480. The van der Waals surface area contributed by atoms with Crippen molar-refractivity contribution in [1.82, 2.24) is 0 Å². The quantitative estimate of drug-likeness (QED) is 0.446. The summed E-state index contributed by atoms with van der Waals surface area (Å²) >= 11 is 0. The Bertz CT molecular complexity index is 126. The van der Waals surface area contributed by atoms with E-state index < -0.39 is 0 Å². The summed E-state index contributed by atoms with van der Waals surface area (Å²) in [4.78, 5) is 0. The monoisotopic (exact) mass is 152 g/mol. The van der Waals surface area contributed by atoms with Gasteiger partial charge in [-0.2, -0.15) is 0 Å². The van der Waals surface area contributed by atoms with Crippen molar-refractivity contribution >= 4 is 6.92 Å². The van der Waals surface area contributed by atoms with E-state index in [2.05, 4.69) is 20.4 Å². The number of rotatable bonds is 3. The van der Waals surface area contributed by atoms with Crippen molar-refractivity contribution in [2.24, 2.45) is 0 Å². The summed E-state index contributed by atoms with van der Waals surface area (Å²) in [6, 6.07) is 0. The molecule has 0 bridgehead atoms. The lowest BCUT2D eigenvalue weighted by Gasteiger charge is -2.14. The highest BCUT2D eigenvalue weighted by atomic mass is 16.4. The molecule has 1 nitrogen and oxygen atoms in total. The molecule has 0 saturated carbocycles. The van der Waals surface area contributed by atoms with Crippen LogP contribution in [0.5, 0.6) is 0 Å². The Morgan fingerprint density at radius 3 is 2.45 bits per heavy atom. The topological polar surface area (TPSA) is 9.23 Å². The Morgan fingerprint density at radius 2 is 2.00 bits per heavy atom. The molecule has 11 heavy (non-hydrogen) atoms. The van der Waals surface area contributed by atoms with E-state index in [9.17, 15) is 0 Å². The first-order valence-electron chi connectivity index (χ1n) is 4.48. The van der Waals surface area contributed by atoms with Crippen LogP contribution >= 0.6 is 0 Å². The summed E-state index contributed by atoms with van der Waals surface area (Å²) in [7, 11) is 0. The smallest absolute Gasteiger partial charge is 0.299 e. The summed E-state index contributed by atoms with van der Waals surface area (Å²) in [6.07, 6.45) is 4.48. The van der Waals surface area contributed by atoms with Crippen molar-refractivity contribution in [3.05, 3.63) is 12.7 Å². The second kappa shape index (κ2) is 3.96. The van der Waals surface area contributed by atoms with E-state index in [-0.39, 0.29) is 0 Å². The molecule has 0 aromatic carbocycles. The Morgan fingerprint density at radius 1 is 1.45 bits per heavy atom. The third kappa shape index (κ3) is 2.09. The van der Waals surface area contributed by atoms with Gasteiger partial charge in [-0.3, -0.25) is 0 Å². The molecule has 0 radical (unpaired) electrons. The maximum Gasteiger partial charge on any atom is 0.299 e. The molecule has 0 amide bonds. The minimum atomic E-state index is 0.480. The lowest BCUT2D eigenvalue weighted by molar-refractivity contribution is 0.357. The third-order valence-corrected chi connectivity index (χ3v) is 2.61. The van der Waals surface area contributed by atoms with Crippen molar-refractivity contribution < 1.29 is 4.65 Å². The lowest BCUT2D eigenvalue weighted by atomic mass is 9.53. The first-order valence-corrected chi connectivity index (χ1v) is 4.48. The molecule has 1 aliphatic rings. The van der Waals surface area contributed by atoms with E-state index >= 15 is 0 Å². The standard InChI is InChI=1S/C9H17BO/c1-4-7-11-10-8(2)5-6-9(10)3/h4,8-9H,1,5-7H2,2-3H3/t8-,9?/m1/s1. The van der Waals surface area contributed by atoms with Crippen LogP contribution in [0, 0.1) is 0 Å². The molecule has 0 N–H and O–H groups in total. The summed E-state index contributed by atoms with van der Waals surface area (Å²) < 4.78 is 5.66. The van der Waals surface area contributed by atoms with Gasteiger partial charge in [0.2, 0.25) is 0 Å². The van der Waals surface area contributed by atoms with Crippen LogP contribution in [0.1, 0.15) is 26.7 Å². The zero-order valence-corrected chi connectivity index (χ0v) is 7.55. The van der Waals surface area contributed by atoms with E-state index in [4.69, 9.17) is 4.65 Å². The van der Waals surface area contributed by atoms with Crippen molar-refractivity contribution in [2.45, 2.75) is 38.3 Å². The van der Waals surface area contributed by atoms with Gasteiger partial charge in [0, 0.05) is 6.61 Å². The van der Waals surface area contributed by atoms with E-state index in [0.717, 1.165) is 11.6 Å². The van der Waals surface area contributed by atoms with Gasteiger partial charge in [0.25, 0.3) is 6.92 Å². The van der Waals surface area contributed by atoms with Crippen LogP contribution in [0.25, 0.3) is 0 Å². The van der Waals surface area contributed by atoms with E-state index in [1.807, 2.05) is 6.08 Å². The molecule has 0 spiro atoms. The molecular weight excluding hydrogens is 135 g/mol. The highest BCUT2D eigenvalue weighted by Crippen LogP contribution is 2.38. The number of hydrogen-bond donors (Lipinski definition) is 0. The second-order valence-electron chi connectivity index (χ2n) is 3.62. The fraction of sp³-hybridized carbons (Fsp3) is 0.778. The third-order valence-electron chi connectivity index (χ3n) is 2.61. The van der Waals surface area contributed by atoms with Gasteiger partial charge in [-0.25, -0.2) is 0 Å². The molecule has 1 unspecified atom stereocenters. The predicted octanol–water partition coefficient (Wildman–Crippen LogP) is 2.75. The number of hydrogen-bond acceptors (Lipinski definition) is 1. The van der Waals surface area contributed by atoms with Gasteiger partial charge < -0.3 is 4.65 Å².